The van der Waals surface area contributed by atoms with Gasteiger partial charge in [0.05, 0.1) is 4.90 Å². The van der Waals surface area contributed by atoms with E-state index < -0.39 is 10.1 Å². The molecule has 0 heterocycles. The molecule has 0 spiro atoms. The molecule has 0 amide bonds. The van der Waals surface area contributed by atoms with Crippen molar-refractivity contribution in [3.05, 3.63) is 35.2 Å². The van der Waals surface area contributed by atoms with Crippen molar-refractivity contribution in [1.82, 2.24) is 0 Å². The van der Waals surface area contributed by atoms with Crippen LogP contribution in [-0.4, -0.2) is 18.1 Å². The number of nitrogens with zero attached hydrogens (tertiary/aromatic N) is 1. The van der Waals surface area contributed by atoms with Gasteiger partial charge in [-0.25, -0.2) is 0 Å². The van der Waals surface area contributed by atoms with Gasteiger partial charge in [-0.1, -0.05) is 6.07 Å². The summed E-state index contributed by atoms with van der Waals surface area (Å²) in [6.07, 6.45) is 0. The van der Waals surface area contributed by atoms with Crippen molar-refractivity contribution in [2.45, 2.75) is 4.90 Å². The zero-order valence-corrected chi connectivity index (χ0v) is 9.18. The van der Waals surface area contributed by atoms with Crippen molar-refractivity contribution in [2.75, 3.05) is 0 Å². The average Bonchev–Trinajstić information content (AvgIpc) is 2.28. The lowest BCUT2D eigenvalue weighted by molar-refractivity contribution is 0.481. The Morgan fingerprint density at radius 1 is 1.12 bits per heavy atom. The second-order valence-electron chi connectivity index (χ2n) is 3.38. The highest BCUT2D eigenvalue weighted by atomic mass is 32.2. The Morgan fingerprint density at radius 2 is 1.82 bits per heavy atom. The molecular weight excluding hydrogens is 246 g/mol. The molecule has 0 aliphatic rings. The van der Waals surface area contributed by atoms with Crippen LogP contribution in [0.2, 0.25) is 0 Å². The fourth-order valence-electron chi connectivity index (χ4n) is 1.51. The number of nitroso groups, excluding NO2 is 1. The van der Waals surface area contributed by atoms with Gasteiger partial charge in [0.15, 0.2) is 5.75 Å². The Labute approximate surface area is 96.2 Å². The molecule has 2 N–H and O–H groups in total. The summed E-state index contributed by atoms with van der Waals surface area (Å²) >= 11 is 0. The van der Waals surface area contributed by atoms with Gasteiger partial charge in [0, 0.05) is 5.39 Å². The predicted octanol–water partition coefficient (Wildman–Crippen LogP) is 2.19. The highest BCUT2D eigenvalue weighted by Crippen LogP contribution is 2.35. The summed E-state index contributed by atoms with van der Waals surface area (Å²) in [6.45, 7) is 0. The van der Waals surface area contributed by atoms with Gasteiger partial charge in [0.25, 0.3) is 10.1 Å². The highest BCUT2D eigenvalue weighted by Gasteiger charge is 2.12. The second-order valence-corrected chi connectivity index (χ2v) is 4.80. The first-order valence-electron chi connectivity index (χ1n) is 4.50. The van der Waals surface area contributed by atoms with Gasteiger partial charge in [-0.15, -0.1) is 4.91 Å². The molecule has 0 saturated heterocycles. The first-order chi connectivity index (χ1) is 7.93. The fourth-order valence-corrected chi connectivity index (χ4v) is 2.03. The van der Waals surface area contributed by atoms with Crippen molar-refractivity contribution in [2.24, 2.45) is 5.18 Å². The topological polar surface area (TPSA) is 104 Å². The minimum Gasteiger partial charge on any atom is -0.505 e. The zero-order valence-electron chi connectivity index (χ0n) is 8.36. The normalized spacial score (nSPS) is 11.6. The maximum atomic E-state index is 10.9. The van der Waals surface area contributed by atoms with Crippen molar-refractivity contribution in [3.63, 3.8) is 0 Å². The van der Waals surface area contributed by atoms with Crippen LogP contribution < -0.4 is 0 Å². The average molecular weight is 253 g/mol. The molecule has 7 heteroatoms. The largest absolute Gasteiger partial charge is 0.505 e. The number of aromatic hydroxyl groups is 1. The van der Waals surface area contributed by atoms with E-state index in [1.165, 1.54) is 24.3 Å². The number of rotatable bonds is 2. The first kappa shape index (κ1) is 11.5. The molecule has 0 radical (unpaired) electrons. The molecule has 0 aliphatic carbocycles. The van der Waals surface area contributed by atoms with Crippen LogP contribution in [0.25, 0.3) is 10.8 Å². The Bertz CT molecular complexity index is 708. The van der Waals surface area contributed by atoms with Crippen molar-refractivity contribution >= 4 is 26.6 Å². The molecule has 0 atom stereocenters. The molecule has 0 bridgehead atoms. The SMILES string of the molecule is O=Nc1ccc2cc(S(=O)(=O)O)ccc2c1O. The lowest BCUT2D eigenvalue weighted by Gasteiger charge is -2.04. The van der Waals surface area contributed by atoms with Gasteiger partial charge in [0.1, 0.15) is 5.69 Å². The quantitative estimate of drug-likeness (QED) is 0.630. The maximum absolute atomic E-state index is 10.9. The van der Waals surface area contributed by atoms with E-state index in [-0.39, 0.29) is 21.7 Å². The van der Waals surface area contributed by atoms with Crippen molar-refractivity contribution < 1.29 is 18.1 Å². The third-order valence-corrected chi connectivity index (χ3v) is 3.19. The lowest BCUT2D eigenvalue weighted by atomic mass is 10.1. The van der Waals surface area contributed by atoms with Gasteiger partial charge in [-0.2, -0.15) is 8.42 Å². The number of phenolic OH excluding ortho intramolecular Hbond substituents is 1. The highest BCUT2D eigenvalue weighted by molar-refractivity contribution is 7.85. The minimum atomic E-state index is -4.29. The molecule has 0 saturated carbocycles. The zero-order chi connectivity index (χ0) is 12.6. The molecule has 6 nitrogen and oxygen atoms in total. The Morgan fingerprint density at radius 3 is 2.41 bits per heavy atom. The fraction of sp³-hybridized carbons (Fsp3) is 0. The standard InChI is InChI=1S/C10H7NO5S/c12-10-8-3-2-7(17(14,15)16)5-6(8)1-4-9(10)11-13/h1-5,12H,(H,14,15,16). The molecule has 0 aromatic heterocycles. The molecule has 0 unspecified atom stereocenters. The van der Waals surface area contributed by atoms with E-state index >= 15 is 0 Å². The van der Waals surface area contributed by atoms with Crippen LogP contribution >= 0.6 is 0 Å². The van der Waals surface area contributed by atoms with Crippen LogP contribution in [-0.2, 0) is 10.1 Å². The van der Waals surface area contributed by atoms with E-state index in [0.717, 1.165) is 6.07 Å². The third kappa shape index (κ3) is 1.97. The number of hydrogen-bond donors (Lipinski definition) is 2. The number of fused-ring (bicyclic) bond motifs is 1. The van der Waals surface area contributed by atoms with Gasteiger partial charge in [0.2, 0.25) is 0 Å². The summed E-state index contributed by atoms with van der Waals surface area (Å²) in [5, 5.41) is 12.9. The summed E-state index contributed by atoms with van der Waals surface area (Å²) < 4.78 is 30.7. The summed E-state index contributed by atoms with van der Waals surface area (Å²) in [5.74, 6) is -0.320. The molecule has 0 aliphatic heterocycles. The molecule has 88 valence electrons. The van der Waals surface area contributed by atoms with E-state index in [9.17, 15) is 18.4 Å². The van der Waals surface area contributed by atoms with E-state index in [1.54, 1.807) is 0 Å². The van der Waals surface area contributed by atoms with Gasteiger partial charge >= 0.3 is 0 Å². The van der Waals surface area contributed by atoms with Crippen molar-refractivity contribution in [1.29, 1.82) is 0 Å². The predicted molar refractivity (Wildman–Crippen MR) is 60.9 cm³/mol. The molecule has 17 heavy (non-hydrogen) atoms. The van der Waals surface area contributed by atoms with Crippen LogP contribution in [0.3, 0.4) is 0 Å². The van der Waals surface area contributed by atoms with Crippen LogP contribution in [0.5, 0.6) is 5.75 Å². The molecule has 2 rings (SSSR count). The number of hydrogen-bond acceptors (Lipinski definition) is 5. The third-order valence-electron chi connectivity index (χ3n) is 2.34. The van der Waals surface area contributed by atoms with Crippen LogP contribution in [0.4, 0.5) is 5.69 Å². The second kappa shape index (κ2) is 3.79. The van der Waals surface area contributed by atoms with Gasteiger partial charge in [-0.3, -0.25) is 4.55 Å². The first-order valence-corrected chi connectivity index (χ1v) is 5.94. The molecule has 2 aromatic rings. The Balaban J connectivity index is 2.78. The van der Waals surface area contributed by atoms with Crippen LogP contribution in [0.15, 0.2) is 40.4 Å². The summed E-state index contributed by atoms with van der Waals surface area (Å²) in [6, 6.07) is 6.31. The summed E-state index contributed by atoms with van der Waals surface area (Å²) in [5.41, 5.74) is -0.128. The summed E-state index contributed by atoms with van der Waals surface area (Å²) in [4.78, 5) is 10.1. The van der Waals surface area contributed by atoms with E-state index in [0.29, 0.717) is 5.39 Å². The van der Waals surface area contributed by atoms with E-state index in [4.69, 9.17) is 4.55 Å². The van der Waals surface area contributed by atoms with Gasteiger partial charge < -0.3 is 5.11 Å². The minimum absolute atomic E-state index is 0.128. The molecule has 0 fully saturated rings. The van der Waals surface area contributed by atoms with Gasteiger partial charge in [-0.05, 0) is 34.8 Å². The lowest BCUT2D eigenvalue weighted by Crippen LogP contribution is -1.97. The smallest absolute Gasteiger partial charge is 0.294 e. The molecular formula is C10H7NO5S. The summed E-state index contributed by atoms with van der Waals surface area (Å²) in [7, 11) is -4.29. The van der Waals surface area contributed by atoms with Crippen LogP contribution in [0.1, 0.15) is 0 Å². The Hall–Kier alpha value is -1.99. The van der Waals surface area contributed by atoms with E-state index in [1.807, 2.05) is 0 Å². The van der Waals surface area contributed by atoms with E-state index in [2.05, 4.69) is 5.18 Å². The monoisotopic (exact) mass is 253 g/mol. The number of benzene rings is 2. The maximum Gasteiger partial charge on any atom is 0.294 e. The van der Waals surface area contributed by atoms with Crippen molar-refractivity contribution in [3.8, 4) is 5.75 Å². The van der Waals surface area contributed by atoms with Crippen LogP contribution in [0, 0.1) is 4.91 Å². The number of phenols is 1. The molecule has 2 aromatic carbocycles. The Kier molecular flexibility index (Phi) is 2.56.